The highest BCUT2D eigenvalue weighted by atomic mass is 35.5. The number of nitrogens with zero attached hydrogens (tertiary/aromatic N) is 1. The summed E-state index contributed by atoms with van der Waals surface area (Å²) in [5.41, 5.74) is 3.02. The molecule has 0 aromatic heterocycles. The number of nitrogens with one attached hydrogen (secondary N) is 1. The van der Waals surface area contributed by atoms with Gasteiger partial charge in [-0.25, -0.2) is 4.79 Å². The van der Waals surface area contributed by atoms with Crippen molar-refractivity contribution >= 4 is 40.8 Å². The van der Waals surface area contributed by atoms with Crippen LogP contribution in [-0.2, 0) is 14.3 Å². The molecule has 0 unspecified atom stereocenters. The number of esters is 1. The first-order valence-corrected chi connectivity index (χ1v) is 8.63. The first-order valence-electron chi connectivity index (χ1n) is 8.26. The third-order valence-corrected chi connectivity index (χ3v) is 4.21. The van der Waals surface area contributed by atoms with E-state index in [1.807, 2.05) is 19.9 Å². The Morgan fingerprint density at radius 1 is 1.15 bits per heavy atom. The molecule has 6 nitrogen and oxygen atoms in total. The smallest absolute Gasteiger partial charge is 0.337 e. The summed E-state index contributed by atoms with van der Waals surface area (Å²) in [5.74, 6) is -1.22. The number of aryl methyl sites for hydroxylation is 2. The SMILES string of the molecule is COC(=O)c1cccc(NC(=O)CN(C(C)=O)c2c(C)cc(C)cc2Cl)c1. The lowest BCUT2D eigenvalue weighted by Crippen LogP contribution is -2.37. The van der Waals surface area contributed by atoms with Crippen LogP contribution in [0.2, 0.25) is 5.02 Å². The third-order valence-electron chi connectivity index (χ3n) is 3.92. The van der Waals surface area contributed by atoms with Crippen molar-refractivity contribution in [2.24, 2.45) is 0 Å². The number of anilines is 2. The van der Waals surface area contributed by atoms with Crippen molar-refractivity contribution in [1.82, 2.24) is 0 Å². The number of halogens is 1. The van der Waals surface area contributed by atoms with Gasteiger partial charge in [0.25, 0.3) is 0 Å². The van der Waals surface area contributed by atoms with Gasteiger partial charge in [0, 0.05) is 12.6 Å². The van der Waals surface area contributed by atoms with Gasteiger partial charge >= 0.3 is 5.97 Å². The van der Waals surface area contributed by atoms with E-state index in [0.29, 0.717) is 22.0 Å². The Bertz CT molecular complexity index is 872. The van der Waals surface area contributed by atoms with Gasteiger partial charge in [-0.1, -0.05) is 23.7 Å². The summed E-state index contributed by atoms with van der Waals surface area (Å²) in [4.78, 5) is 37.5. The van der Waals surface area contributed by atoms with E-state index in [2.05, 4.69) is 10.1 Å². The zero-order chi connectivity index (χ0) is 20.1. The van der Waals surface area contributed by atoms with Gasteiger partial charge < -0.3 is 15.0 Å². The quantitative estimate of drug-likeness (QED) is 0.792. The highest BCUT2D eigenvalue weighted by Crippen LogP contribution is 2.31. The van der Waals surface area contributed by atoms with E-state index < -0.39 is 11.9 Å². The maximum atomic E-state index is 12.5. The third kappa shape index (κ3) is 5.08. The number of rotatable bonds is 5. The van der Waals surface area contributed by atoms with Gasteiger partial charge in [0.1, 0.15) is 6.54 Å². The lowest BCUT2D eigenvalue weighted by Gasteiger charge is -2.24. The second-order valence-electron chi connectivity index (χ2n) is 6.14. The Balaban J connectivity index is 2.22. The molecule has 142 valence electrons. The molecule has 2 amide bonds. The maximum absolute atomic E-state index is 12.5. The van der Waals surface area contributed by atoms with E-state index in [1.165, 1.54) is 25.0 Å². The van der Waals surface area contributed by atoms with Crippen molar-refractivity contribution in [2.75, 3.05) is 23.9 Å². The highest BCUT2D eigenvalue weighted by Gasteiger charge is 2.21. The molecule has 7 heteroatoms. The number of carbonyl (C=O) groups excluding carboxylic acids is 3. The molecule has 0 fully saturated rings. The van der Waals surface area contributed by atoms with E-state index in [4.69, 9.17) is 11.6 Å². The number of benzene rings is 2. The fraction of sp³-hybridized carbons (Fsp3) is 0.250. The summed E-state index contributed by atoms with van der Waals surface area (Å²) < 4.78 is 4.67. The van der Waals surface area contributed by atoms with Gasteiger partial charge in [-0.05, 0) is 49.2 Å². The van der Waals surface area contributed by atoms with Crippen LogP contribution in [0.25, 0.3) is 0 Å². The zero-order valence-electron chi connectivity index (χ0n) is 15.6. The van der Waals surface area contributed by atoms with Crippen molar-refractivity contribution in [3.05, 3.63) is 58.1 Å². The Labute approximate surface area is 163 Å². The van der Waals surface area contributed by atoms with Crippen molar-refractivity contribution in [3.8, 4) is 0 Å². The van der Waals surface area contributed by atoms with Crippen LogP contribution in [0.5, 0.6) is 0 Å². The molecule has 27 heavy (non-hydrogen) atoms. The fourth-order valence-electron chi connectivity index (χ4n) is 2.78. The molecule has 0 heterocycles. The van der Waals surface area contributed by atoms with Crippen molar-refractivity contribution in [2.45, 2.75) is 20.8 Å². The zero-order valence-corrected chi connectivity index (χ0v) is 16.4. The fourth-order valence-corrected chi connectivity index (χ4v) is 3.21. The number of methoxy groups -OCH3 is 1. The van der Waals surface area contributed by atoms with E-state index in [0.717, 1.165) is 11.1 Å². The topological polar surface area (TPSA) is 75.7 Å². The van der Waals surface area contributed by atoms with Gasteiger partial charge in [-0.3, -0.25) is 9.59 Å². The molecule has 2 rings (SSSR count). The second kappa shape index (κ2) is 8.68. The lowest BCUT2D eigenvalue weighted by molar-refractivity contribution is -0.120. The minimum Gasteiger partial charge on any atom is -0.465 e. The molecule has 0 spiro atoms. The molecule has 0 saturated heterocycles. The predicted molar refractivity (Wildman–Crippen MR) is 105 cm³/mol. The lowest BCUT2D eigenvalue weighted by atomic mass is 10.1. The molecular formula is C20H21ClN2O4. The number of carbonyl (C=O) groups is 3. The van der Waals surface area contributed by atoms with Gasteiger partial charge in [0.2, 0.25) is 11.8 Å². The van der Waals surface area contributed by atoms with Crippen LogP contribution < -0.4 is 10.2 Å². The molecular weight excluding hydrogens is 368 g/mol. The summed E-state index contributed by atoms with van der Waals surface area (Å²) in [7, 11) is 1.28. The molecule has 2 aromatic carbocycles. The minimum atomic E-state index is -0.501. The van der Waals surface area contributed by atoms with Gasteiger partial charge in [0.15, 0.2) is 0 Å². The Kier molecular flexibility index (Phi) is 6.58. The number of hydrogen-bond donors (Lipinski definition) is 1. The molecule has 0 aliphatic rings. The first-order chi connectivity index (χ1) is 12.7. The molecule has 0 saturated carbocycles. The van der Waals surface area contributed by atoms with Crippen LogP contribution >= 0.6 is 11.6 Å². The minimum absolute atomic E-state index is 0.207. The molecule has 0 atom stereocenters. The van der Waals surface area contributed by atoms with E-state index in [9.17, 15) is 14.4 Å². The summed E-state index contributed by atoms with van der Waals surface area (Å²) >= 11 is 6.31. The summed E-state index contributed by atoms with van der Waals surface area (Å²) in [6.45, 7) is 4.91. The molecule has 0 bridgehead atoms. The Hall–Kier alpha value is -2.86. The van der Waals surface area contributed by atoms with E-state index >= 15 is 0 Å². The van der Waals surface area contributed by atoms with Crippen LogP contribution in [0.3, 0.4) is 0 Å². The van der Waals surface area contributed by atoms with Crippen molar-refractivity contribution in [3.63, 3.8) is 0 Å². The van der Waals surface area contributed by atoms with Gasteiger partial charge in [0.05, 0.1) is 23.4 Å². The van der Waals surface area contributed by atoms with Gasteiger partial charge in [-0.2, -0.15) is 0 Å². The number of ether oxygens (including phenoxy) is 1. The normalized spacial score (nSPS) is 10.3. The Morgan fingerprint density at radius 3 is 2.44 bits per heavy atom. The average molecular weight is 389 g/mol. The first kappa shape index (κ1) is 20.5. The largest absolute Gasteiger partial charge is 0.465 e. The molecule has 0 aliphatic heterocycles. The summed E-state index contributed by atoms with van der Waals surface area (Å²) in [6, 6.07) is 10.0. The molecule has 0 aliphatic carbocycles. The maximum Gasteiger partial charge on any atom is 0.337 e. The second-order valence-corrected chi connectivity index (χ2v) is 6.55. The number of amides is 2. The van der Waals surface area contributed by atoms with Crippen molar-refractivity contribution < 1.29 is 19.1 Å². The molecule has 1 N–H and O–H groups in total. The van der Waals surface area contributed by atoms with Gasteiger partial charge in [-0.15, -0.1) is 0 Å². The highest BCUT2D eigenvalue weighted by molar-refractivity contribution is 6.34. The number of hydrogen-bond acceptors (Lipinski definition) is 4. The average Bonchev–Trinajstić information content (AvgIpc) is 2.59. The van der Waals surface area contributed by atoms with Crippen LogP contribution in [0.15, 0.2) is 36.4 Å². The Morgan fingerprint density at radius 2 is 1.85 bits per heavy atom. The van der Waals surface area contributed by atoms with Crippen LogP contribution in [-0.4, -0.2) is 31.4 Å². The van der Waals surface area contributed by atoms with Crippen LogP contribution in [0, 0.1) is 13.8 Å². The predicted octanol–water partition coefficient (Wildman–Crippen LogP) is 3.74. The van der Waals surface area contributed by atoms with Crippen molar-refractivity contribution in [1.29, 1.82) is 0 Å². The molecule has 2 aromatic rings. The van der Waals surface area contributed by atoms with E-state index in [1.54, 1.807) is 24.3 Å². The van der Waals surface area contributed by atoms with Crippen LogP contribution in [0.1, 0.15) is 28.4 Å². The molecule has 0 radical (unpaired) electrons. The summed E-state index contributed by atoms with van der Waals surface area (Å²) in [6.07, 6.45) is 0. The monoisotopic (exact) mass is 388 g/mol. The summed E-state index contributed by atoms with van der Waals surface area (Å²) in [5, 5.41) is 3.09. The van der Waals surface area contributed by atoms with Crippen LogP contribution in [0.4, 0.5) is 11.4 Å². The van der Waals surface area contributed by atoms with E-state index in [-0.39, 0.29) is 12.5 Å². The standard InChI is InChI=1S/C20H21ClN2O4/c1-12-8-13(2)19(17(21)9-12)23(14(3)24)11-18(25)22-16-7-5-6-15(10-16)20(26)27-4/h5-10H,11H2,1-4H3,(H,22,25).